The van der Waals surface area contributed by atoms with Gasteiger partial charge in [0.2, 0.25) is 11.8 Å². The predicted molar refractivity (Wildman–Crippen MR) is 103 cm³/mol. The minimum absolute atomic E-state index is 0.181. The molecule has 0 spiro atoms. The third-order valence-electron chi connectivity index (χ3n) is 3.85. The predicted octanol–water partition coefficient (Wildman–Crippen LogP) is 3.60. The van der Waals surface area contributed by atoms with Crippen LogP contribution in [0.3, 0.4) is 0 Å². The van der Waals surface area contributed by atoms with Crippen LogP contribution < -0.4 is 15.1 Å². The quantitative estimate of drug-likeness (QED) is 0.715. The van der Waals surface area contributed by atoms with Crippen molar-refractivity contribution in [2.24, 2.45) is 5.10 Å². The van der Waals surface area contributed by atoms with Crippen molar-refractivity contribution in [2.45, 2.75) is 32.8 Å². The van der Waals surface area contributed by atoms with Gasteiger partial charge in [0.05, 0.1) is 12.8 Å². The monoisotopic (exact) mass is 369 g/mol. The van der Waals surface area contributed by atoms with Gasteiger partial charge in [0.25, 0.3) is 0 Å². The number of hydrogen-bond acceptors (Lipinski definition) is 7. The molecule has 2 heterocycles. The second-order valence-corrected chi connectivity index (χ2v) is 5.99. The molecule has 8 heteroatoms. The van der Waals surface area contributed by atoms with Crippen LogP contribution in [0, 0.1) is 0 Å². The number of hydrazone groups is 1. The highest BCUT2D eigenvalue weighted by Crippen LogP contribution is 2.25. The molecule has 0 unspecified atom stereocenters. The van der Waals surface area contributed by atoms with E-state index in [1.54, 1.807) is 5.01 Å². The summed E-state index contributed by atoms with van der Waals surface area (Å²) in [6.45, 7) is 3.48. The number of ether oxygens (including phenoxy) is 2. The van der Waals surface area contributed by atoms with E-state index >= 15 is 0 Å². The first-order valence-corrected chi connectivity index (χ1v) is 9.04. The van der Waals surface area contributed by atoms with E-state index in [1.165, 1.54) is 6.20 Å². The maximum Gasteiger partial charge on any atom is 0.412 e. The summed E-state index contributed by atoms with van der Waals surface area (Å²) < 4.78 is 11.0. The third kappa shape index (κ3) is 5.40. The molecule has 2 aromatic rings. The van der Waals surface area contributed by atoms with Gasteiger partial charge in [-0.1, -0.05) is 43.7 Å². The molecule has 0 saturated heterocycles. The van der Waals surface area contributed by atoms with E-state index in [4.69, 9.17) is 9.47 Å². The standard InChI is InChI=1S/C19H23N5O3/c1-2-3-12-26-17-16(13-20-18(23-17)24-11-7-10-21-24)22-19(25)27-14-15-8-5-4-6-9-15/h4-6,8-10,13H,2-3,7,11-12,14H2,1H3,(H,22,25). The zero-order valence-electron chi connectivity index (χ0n) is 15.3. The summed E-state index contributed by atoms with van der Waals surface area (Å²) in [6, 6.07) is 9.47. The number of hydrogen-bond donors (Lipinski definition) is 1. The van der Waals surface area contributed by atoms with Crippen LogP contribution in [0.25, 0.3) is 0 Å². The molecule has 27 heavy (non-hydrogen) atoms. The molecular weight excluding hydrogens is 346 g/mol. The van der Waals surface area contributed by atoms with Crippen molar-refractivity contribution >= 4 is 23.9 Å². The molecule has 8 nitrogen and oxygen atoms in total. The molecule has 1 N–H and O–H groups in total. The van der Waals surface area contributed by atoms with Gasteiger partial charge < -0.3 is 9.47 Å². The van der Waals surface area contributed by atoms with Gasteiger partial charge >= 0.3 is 6.09 Å². The topological polar surface area (TPSA) is 88.9 Å². The Balaban J connectivity index is 1.66. The molecule has 142 valence electrons. The van der Waals surface area contributed by atoms with Crippen molar-refractivity contribution in [3.8, 4) is 5.88 Å². The highest BCUT2D eigenvalue weighted by Gasteiger charge is 2.17. The van der Waals surface area contributed by atoms with E-state index in [1.807, 2.05) is 36.5 Å². The summed E-state index contributed by atoms with van der Waals surface area (Å²) in [5.41, 5.74) is 1.28. The van der Waals surface area contributed by atoms with Crippen LogP contribution in [-0.2, 0) is 11.3 Å². The molecule has 0 radical (unpaired) electrons. The van der Waals surface area contributed by atoms with Gasteiger partial charge in [0.1, 0.15) is 12.3 Å². The van der Waals surface area contributed by atoms with Crippen molar-refractivity contribution in [3.05, 3.63) is 42.1 Å². The van der Waals surface area contributed by atoms with Crippen LogP contribution in [0.4, 0.5) is 16.4 Å². The lowest BCUT2D eigenvalue weighted by molar-refractivity contribution is 0.155. The summed E-state index contributed by atoms with van der Waals surface area (Å²) in [6.07, 6.45) is 5.47. The molecule has 1 amide bonds. The SMILES string of the molecule is CCCCOc1nc(N2CCC=N2)ncc1NC(=O)OCc1ccccc1. The van der Waals surface area contributed by atoms with Crippen molar-refractivity contribution in [3.63, 3.8) is 0 Å². The van der Waals surface area contributed by atoms with Gasteiger partial charge in [-0.25, -0.2) is 14.8 Å². The van der Waals surface area contributed by atoms with Crippen molar-refractivity contribution in [1.29, 1.82) is 0 Å². The summed E-state index contributed by atoms with van der Waals surface area (Å²) in [5, 5.41) is 8.57. The maximum atomic E-state index is 12.1. The summed E-state index contributed by atoms with van der Waals surface area (Å²) in [4.78, 5) is 20.8. The van der Waals surface area contributed by atoms with Crippen LogP contribution in [0.5, 0.6) is 5.88 Å². The van der Waals surface area contributed by atoms with E-state index in [0.29, 0.717) is 24.1 Å². The van der Waals surface area contributed by atoms with Crippen LogP contribution >= 0.6 is 0 Å². The van der Waals surface area contributed by atoms with Crippen LogP contribution in [0.1, 0.15) is 31.7 Å². The van der Waals surface area contributed by atoms with Gasteiger partial charge in [-0.3, -0.25) is 5.32 Å². The Morgan fingerprint density at radius 3 is 2.89 bits per heavy atom. The number of benzene rings is 1. The summed E-state index contributed by atoms with van der Waals surface area (Å²) in [5.74, 6) is 0.755. The second-order valence-electron chi connectivity index (χ2n) is 5.99. The lowest BCUT2D eigenvalue weighted by Crippen LogP contribution is -2.18. The van der Waals surface area contributed by atoms with E-state index in [2.05, 4.69) is 27.3 Å². The molecule has 3 rings (SSSR count). The minimum Gasteiger partial charge on any atom is -0.476 e. The van der Waals surface area contributed by atoms with Gasteiger partial charge in [-0.2, -0.15) is 10.1 Å². The molecule has 1 aromatic heterocycles. The first kappa shape index (κ1) is 18.6. The number of nitrogens with one attached hydrogen (secondary N) is 1. The Morgan fingerprint density at radius 1 is 1.30 bits per heavy atom. The van der Waals surface area contributed by atoms with E-state index in [-0.39, 0.29) is 6.61 Å². The molecule has 0 fully saturated rings. The van der Waals surface area contributed by atoms with Crippen LogP contribution in [0.2, 0.25) is 0 Å². The number of nitrogens with zero attached hydrogens (tertiary/aromatic N) is 4. The maximum absolute atomic E-state index is 12.1. The highest BCUT2D eigenvalue weighted by atomic mass is 16.5. The molecule has 0 saturated carbocycles. The second kappa shape index (κ2) is 9.51. The molecule has 1 aliphatic rings. The van der Waals surface area contributed by atoms with Crippen LogP contribution in [-0.4, -0.2) is 35.4 Å². The van der Waals surface area contributed by atoms with Gasteiger partial charge in [0.15, 0.2) is 0 Å². The zero-order chi connectivity index (χ0) is 18.9. The lowest BCUT2D eigenvalue weighted by Gasteiger charge is -2.15. The van der Waals surface area contributed by atoms with E-state index < -0.39 is 6.09 Å². The summed E-state index contributed by atoms with van der Waals surface area (Å²) in [7, 11) is 0. The average Bonchev–Trinajstić information content (AvgIpc) is 3.23. The zero-order valence-corrected chi connectivity index (χ0v) is 15.3. The highest BCUT2D eigenvalue weighted by molar-refractivity contribution is 5.86. The van der Waals surface area contributed by atoms with E-state index in [0.717, 1.165) is 31.4 Å². The Labute approximate surface area is 158 Å². The number of aromatic nitrogens is 2. The number of anilines is 2. The average molecular weight is 369 g/mol. The first-order valence-electron chi connectivity index (χ1n) is 9.04. The van der Waals surface area contributed by atoms with Gasteiger partial charge in [-0.05, 0) is 12.0 Å². The fourth-order valence-electron chi connectivity index (χ4n) is 2.41. The molecular formula is C19H23N5O3. The van der Waals surface area contributed by atoms with Crippen molar-refractivity contribution in [1.82, 2.24) is 9.97 Å². The number of amides is 1. The van der Waals surface area contributed by atoms with Crippen molar-refractivity contribution in [2.75, 3.05) is 23.5 Å². The lowest BCUT2D eigenvalue weighted by atomic mass is 10.2. The third-order valence-corrected chi connectivity index (χ3v) is 3.85. The fourth-order valence-corrected chi connectivity index (χ4v) is 2.41. The number of carbonyl (C=O) groups is 1. The number of carbonyl (C=O) groups excluding carboxylic acids is 1. The molecule has 1 aliphatic heterocycles. The molecule has 1 aromatic carbocycles. The molecule has 0 bridgehead atoms. The number of unbranched alkanes of at least 4 members (excludes halogenated alkanes) is 1. The van der Waals surface area contributed by atoms with E-state index in [9.17, 15) is 4.79 Å². The first-order chi connectivity index (χ1) is 13.3. The van der Waals surface area contributed by atoms with Crippen LogP contribution in [0.15, 0.2) is 41.6 Å². The largest absolute Gasteiger partial charge is 0.476 e. The Bertz CT molecular complexity index is 782. The molecule has 0 aliphatic carbocycles. The fraction of sp³-hybridized carbons (Fsp3) is 0.368. The smallest absolute Gasteiger partial charge is 0.412 e. The number of rotatable bonds is 8. The normalized spacial score (nSPS) is 12.9. The van der Waals surface area contributed by atoms with Gasteiger partial charge in [-0.15, -0.1) is 0 Å². The van der Waals surface area contributed by atoms with Gasteiger partial charge in [0, 0.05) is 19.2 Å². The Kier molecular flexibility index (Phi) is 6.56. The van der Waals surface area contributed by atoms with Crippen molar-refractivity contribution < 1.29 is 14.3 Å². The molecule has 0 atom stereocenters. The summed E-state index contributed by atoms with van der Waals surface area (Å²) >= 11 is 0. The Morgan fingerprint density at radius 2 is 2.15 bits per heavy atom. The minimum atomic E-state index is -0.588. The Hall–Kier alpha value is -3.16.